The third-order valence-electron chi connectivity index (χ3n) is 3.41. The van der Waals surface area contributed by atoms with Crippen LogP contribution in [0.2, 0.25) is 0 Å². The molecular weight excluding hydrogens is 544 g/mol. The molecular formula is C15H17BrF6N3O4S2+. The summed E-state index contributed by atoms with van der Waals surface area (Å²) >= 11 is 3.44. The second kappa shape index (κ2) is 10.3. The molecule has 1 N–H and O–H groups in total. The summed E-state index contributed by atoms with van der Waals surface area (Å²) in [6, 6.07) is 8.33. The predicted octanol–water partition coefficient (Wildman–Crippen LogP) is 3.60. The van der Waals surface area contributed by atoms with Crippen LogP contribution in [-0.4, -0.2) is 32.4 Å². The maximum Gasteiger partial charge on any atom is 0.512 e. The molecule has 0 radical (unpaired) electrons. The number of rotatable bonds is 6. The average molecular weight is 561 g/mol. The van der Waals surface area contributed by atoms with Crippen molar-refractivity contribution in [3.8, 4) is 5.69 Å². The Kier molecular flexibility index (Phi) is 9.11. The lowest BCUT2D eigenvalue weighted by atomic mass is 10.3. The zero-order valence-corrected chi connectivity index (χ0v) is 18.9. The highest BCUT2D eigenvalue weighted by Gasteiger charge is 2.55. The van der Waals surface area contributed by atoms with Crippen LogP contribution in [0.3, 0.4) is 0 Å². The van der Waals surface area contributed by atoms with Gasteiger partial charge in [0.25, 0.3) is 0 Å². The van der Waals surface area contributed by atoms with Gasteiger partial charge in [-0.15, -0.1) is 0 Å². The van der Waals surface area contributed by atoms with Gasteiger partial charge in [0.1, 0.15) is 18.1 Å². The summed E-state index contributed by atoms with van der Waals surface area (Å²) < 4.78 is 114. The summed E-state index contributed by atoms with van der Waals surface area (Å²) in [4.78, 5) is 0. The summed E-state index contributed by atoms with van der Waals surface area (Å²) in [5.41, 5.74) is -11.1. The Morgan fingerprint density at radius 3 is 1.87 bits per heavy atom. The first-order valence-electron chi connectivity index (χ1n) is 8.24. The van der Waals surface area contributed by atoms with E-state index >= 15 is 0 Å². The van der Waals surface area contributed by atoms with Crippen molar-refractivity contribution in [1.82, 2.24) is 8.69 Å². The number of benzene rings is 1. The molecule has 1 aromatic heterocycles. The summed E-state index contributed by atoms with van der Waals surface area (Å²) in [7, 11) is -13.2. The first kappa shape index (κ1) is 27.4. The Morgan fingerprint density at radius 2 is 1.45 bits per heavy atom. The molecule has 176 valence electrons. The van der Waals surface area contributed by atoms with Crippen LogP contribution in [0.1, 0.15) is 19.8 Å². The Morgan fingerprint density at radius 1 is 0.968 bits per heavy atom. The van der Waals surface area contributed by atoms with E-state index in [0.29, 0.717) is 0 Å². The second-order valence-corrected chi connectivity index (χ2v) is 10.4. The fraction of sp³-hybridized carbons (Fsp3) is 0.400. The van der Waals surface area contributed by atoms with E-state index in [0.717, 1.165) is 11.0 Å². The van der Waals surface area contributed by atoms with Gasteiger partial charge in [-0.3, -0.25) is 0 Å². The molecule has 0 bridgehead atoms. The highest BCUT2D eigenvalue weighted by Crippen LogP contribution is 2.27. The second-order valence-electron chi connectivity index (χ2n) is 5.87. The average Bonchev–Trinajstić information content (AvgIpc) is 3.07. The molecule has 1 aromatic carbocycles. The summed E-state index contributed by atoms with van der Waals surface area (Å²) in [5.74, 6) is 0. The van der Waals surface area contributed by atoms with Gasteiger partial charge < -0.3 is 0 Å². The van der Waals surface area contributed by atoms with Gasteiger partial charge in [0, 0.05) is 4.47 Å². The van der Waals surface area contributed by atoms with Gasteiger partial charge >= 0.3 is 31.1 Å². The van der Waals surface area contributed by atoms with E-state index in [1.54, 1.807) is 0 Å². The summed E-state index contributed by atoms with van der Waals surface area (Å²) in [5, 5.41) is 0. The van der Waals surface area contributed by atoms with E-state index < -0.39 is 35.2 Å². The van der Waals surface area contributed by atoms with E-state index in [2.05, 4.69) is 75.0 Å². The van der Waals surface area contributed by atoms with Crippen LogP contribution < -0.4 is 8.69 Å². The number of imidazole rings is 1. The number of hydrogen-bond acceptors (Lipinski definition) is 4. The molecule has 2 rings (SSSR count). The number of halogens is 7. The van der Waals surface area contributed by atoms with E-state index in [-0.39, 0.29) is 0 Å². The van der Waals surface area contributed by atoms with E-state index in [1.165, 1.54) is 18.5 Å². The van der Waals surface area contributed by atoms with E-state index in [1.807, 2.05) is 0 Å². The molecule has 0 spiro atoms. The Labute approximate surface area is 182 Å². The molecule has 0 aliphatic rings. The number of sulfonamides is 2. The van der Waals surface area contributed by atoms with Crippen molar-refractivity contribution in [2.24, 2.45) is 0 Å². The van der Waals surface area contributed by atoms with Crippen LogP contribution in [0.4, 0.5) is 26.3 Å². The molecule has 0 atom stereocenters. The summed E-state index contributed by atoms with van der Waals surface area (Å²) in [6.07, 6.45) is 8.82. The van der Waals surface area contributed by atoms with Gasteiger partial charge in [0.15, 0.2) is 0 Å². The maximum absolute atomic E-state index is 11.5. The molecule has 31 heavy (non-hydrogen) atoms. The minimum Gasteiger partial charge on any atom is -0.236 e. The summed E-state index contributed by atoms with van der Waals surface area (Å²) in [6.45, 7) is 3.31. The molecule has 0 aliphatic heterocycles. The number of unbranched alkanes of at least 4 members (excludes halogenated alkanes) is 1. The monoisotopic (exact) mass is 560 g/mol. The molecule has 0 aliphatic carbocycles. The zero-order valence-electron chi connectivity index (χ0n) is 15.7. The molecule has 0 saturated carbocycles. The van der Waals surface area contributed by atoms with Gasteiger partial charge in [-0.1, -0.05) is 33.4 Å². The highest BCUT2D eigenvalue weighted by molar-refractivity contribution is 9.10. The first-order chi connectivity index (χ1) is 14.0. The molecule has 0 unspecified atom stereocenters. The van der Waals surface area contributed by atoms with Crippen LogP contribution in [-0.2, 0) is 26.6 Å². The quantitative estimate of drug-likeness (QED) is 0.432. The van der Waals surface area contributed by atoms with E-state index in [4.69, 9.17) is 0 Å². The van der Waals surface area contributed by atoms with Gasteiger partial charge in [-0.25, -0.2) is 26.0 Å². The largest absolute Gasteiger partial charge is 0.512 e. The molecule has 16 heteroatoms. The lowest BCUT2D eigenvalue weighted by Crippen LogP contribution is -2.45. The van der Waals surface area contributed by atoms with Gasteiger partial charge in [0.2, 0.25) is 6.33 Å². The number of alkyl halides is 6. The van der Waals surface area contributed by atoms with Crippen LogP contribution in [0.25, 0.3) is 5.69 Å². The van der Waals surface area contributed by atoms with Crippen molar-refractivity contribution in [2.75, 3.05) is 0 Å². The van der Waals surface area contributed by atoms with Crippen LogP contribution >= 0.6 is 15.9 Å². The SMILES string of the molecule is CCCC[n+]1ccn(-c2ccc(Br)cc2)c1.O=S(=O)(NS(=O)(=O)C(F)(F)F)C(F)(F)F. The number of nitrogens with one attached hydrogen (secondary N) is 1. The lowest BCUT2D eigenvalue weighted by molar-refractivity contribution is -0.696. The Balaban J connectivity index is 0.000000311. The standard InChI is InChI=1S/C13H16BrN2.C2HF6NO4S2/c1-2-3-8-15-9-10-16(11-15)13-6-4-12(14)5-7-13;3-1(4,5)14(10,11)9-15(12,13)2(6,7)8/h4-7,9-11H,2-3,8H2,1H3;9H/q+1;. The third kappa shape index (κ3) is 8.08. The predicted molar refractivity (Wildman–Crippen MR) is 102 cm³/mol. The molecule has 0 amide bonds. The fourth-order valence-electron chi connectivity index (χ4n) is 1.87. The van der Waals surface area contributed by atoms with Crippen LogP contribution in [0.15, 0.2) is 47.5 Å². The smallest absolute Gasteiger partial charge is 0.236 e. The van der Waals surface area contributed by atoms with Crippen molar-refractivity contribution in [1.29, 1.82) is 0 Å². The van der Waals surface area contributed by atoms with Gasteiger partial charge in [-0.05, 0) is 30.7 Å². The fourth-order valence-corrected chi connectivity index (χ4v) is 4.05. The minimum atomic E-state index is -6.60. The topological polar surface area (TPSA) is 89.1 Å². The zero-order chi connectivity index (χ0) is 24.1. The third-order valence-corrected chi connectivity index (χ3v) is 6.92. The normalized spacial score (nSPS) is 12.9. The number of hydrogen-bond donors (Lipinski definition) is 1. The van der Waals surface area contributed by atoms with Gasteiger partial charge in [0.05, 0.1) is 6.54 Å². The van der Waals surface area contributed by atoms with Crippen molar-refractivity contribution < 1.29 is 47.7 Å². The Bertz CT molecular complexity index is 1020. The highest BCUT2D eigenvalue weighted by atomic mass is 79.9. The molecule has 0 saturated heterocycles. The molecule has 1 heterocycles. The molecule has 2 aromatic rings. The molecule has 0 fully saturated rings. The van der Waals surface area contributed by atoms with Crippen molar-refractivity contribution in [3.05, 3.63) is 47.5 Å². The van der Waals surface area contributed by atoms with E-state index in [9.17, 15) is 43.2 Å². The maximum atomic E-state index is 11.5. The van der Waals surface area contributed by atoms with Crippen molar-refractivity contribution in [3.63, 3.8) is 0 Å². The van der Waals surface area contributed by atoms with Gasteiger partial charge in [-0.2, -0.15) is 26.3 Å². The number of nitrogens with zero attached hydrogens (tertiary/aromatic N) is 2. The number of aromatic nitrogens is 2. The molecule has 7 nitrogen and oxygen atoms in total. The Hall–Kier alpha value is -1.65. The van der Waals surface area contributed by atoms with Crippen LogP contribution in [0, 0.1) is 0 Å². The van der Waals surface area contributed by atoms with Crippen LogP contribution in [0.5, 0.6) is 0 Å². The van der Waals surface area contributed by atoms with Crippen molar-refractivity contribution >= 4 is 36.0 Å². The lowest BCUT2D eigenvalue weighted by Gasteiger charge is -2.11. The number of aryl methyl sites for hydroxylation is 1. The van der Waals surface area contributed by atoms with Crippen molar-refractivity contribution in [2.45, 2.75) is 37.3 Å². The minimum absolute atomic E-state index is 0.493. The first-order valence-corrected chi connectivity index (χ1v) is 12.0.